The van der Waals surface area contributed by atoms with Crippen LogP contribution in [0.25, 0.3) is 0 Å². The van der Waals surface area contributed by atoms with Crippen molar-refractivity contribution in [2.75, 3.05) is 32.6 Å². The van der Waals surface area contributed by atoms with Gasteiger partial charge in [-0.1, -0.05) is 0 Å². The number of methoxy groups -OCH3 is 1. The highest BCUT2D eigenvalue weighted by Gasteiger charge is 2.15. The van der Waals surface area contributed by atoms with Gasteiger partial charge in [0, 0.05) is 13.7 Å². The van der Waals surface area contributed by atoms with Crippen molar-refractivity contribution >= 4 is 16.0 Å². The molecule has 0 aliphatic heterocycles. The number of hydrogen-bond donors (Lipinski definition) is 2. The molecule has 2 N–H and O–H groups in total. The van der Waals surface area contributed by atoms with Crippen molar-refractivity contribution < 1.29 is 27.8 Å². The Balaban J connectivity index is 3.92. The number of sulfonamides is 1. The lowest BCUT2D eigenvalue weighted by atomic mass is 10.4. The van der Waals surface area contributed by atoms with Gasteiger partial charge in [0.25, 0.3) is 0 Å². The van der Waals surface area contributed by atoms with Crippen molar-refractivity contribution in [1.82, 2.24) is 4.72 Å². The van der Waals surface area contributed by atoms with E-state index in [4.69, 9.17) is 0 Å². The third-order valence-electron chi connectivity index (χ3n) is 1.78. The summed E-state index contributed by atoms with van der Waals surface area (Å²) >= 11 is 0. The van der Waals surface area contributed by atoms with Gasteiger partial charge in [0.2, 0.25) is 10.0 Å². The quantitative estimate of drug-likeness (QED) is 0.513. The Morgan fingerprint density at radius 1 is 1.47 bits per heavy atom. The third kappa shape index (κ3) is 9.04. The number of ether oxygens (including phenoxy) is 2. The fourth-order valence-corrected chi connectivity index (χ4v) is 2.02. The minimum Gasteiger partial charge on any atom is -0.466 e. The van der Waals surface area contributed by atoms with Gasteiger partial charge in [0.15, 0.2) is 0 Å². The van der Waals surface area contributed by atoms with E-state index in [1.807, 2.05) is 0 Å². The first-order valence-electron chi connectivity index (χ1n) is 5.21. The zero-order chi connectivity index (χ0) is 13.3. The monoisotopic (exact) mass is 269 g/mol. The molecular formula is C9H19NO6S. The normalized spacial score (nSPS) is 13.4. The summed E-state index contributed by atoms with van der Waals surface area (Å²) in [7, 11) is -2.17. The van der Waals surface area contributed by atoms with E-state index >= 15 is 0 Å². The Bertz CT molecular complexity index is 315. The highest BCUT2D eigenvalue weighted by molar-refractivity contribution is 7.89. The maximum atomic E-state index is 11.4. The number of carbonyl (C=O) groups excluding carboxylic acids is 1. The molecule has 8 heteroatoms. The van der Waals surface area contributed by atoms with Crippen LogP contribution in [0.5, 0.6) is 0 Å². The van der Waals surface area contributed by atoms with Crippen molar-refractivity contribution in [2.24, 2.45) is 0 Å². The van der Waals surface area contributed by atoms with E-state index in [9.17, 15) is 18.3 Å². The summed E-state index contributed by atoms with van der Waals surface area (Å²) in [4.78, 5) is 10.9. The Labute approximate surface area is 101 Å². The van der Waals surface area contributed by atoms with Gasteiger partial charge in [0.05, 0.1) is 31.5 Å². The summed E-state index contributed by atoms with van der Waals surface area (Å²) in [6.45, 7) is 1.77. The SMILES string of the molecule is CCOC(=O)CCS(=O)(=O)NCC(O)COC. The Hall–Kier alpha value is -0.700. The fraction of sp³-hybridized carbons (Fsp3) is 0.889. The van der Waals surface area contributed by atoms with Crippen LogP contribution in [0.3, 0.4) is 0 Å². The van der Waals surface area contributed by atoms with Crippen LogP contribution in [0.15, 0.2) is 0 Å². The van der Waals surface area contributed by atoms with E-state index in [0.29, 0.717) is 0 Å². The molecule has 0 spiro atoms. The van der Waals surface area contributed by atoms with Gasteiger partial charge in [0.1, 0.15) is 0 Å². The molecule has 0 fully saturated rings. The molecule has 7 nitrogen and oxygen atoms in total. The Morgan fingerprint density at radius 3 is 2.65 bits per heavy atom. The van der Waals surface area contributed by atoms with E-state index in [1.54, 1.807) is 6.92 Å². The van der Waals surface area contributed by atoms with Gasteiger partial charge in [-0.05, 0) is 6.92 Å². The average molecular weight is 269 g/mol. The summed E-state index contributed by atoms with van der Waals surface area (Å²) in [5, 5.41) is 9.23. The molecule has 0 aromatic carbocycles. The molecule has 0 rings (SSSR count). The van der Waals surface area contributed by atoms with Crippen molar-refractivity contribution in [3.63, 3.8) is 0 Å². The highest BCUT2D eigenvalue weighted by atomic mass is 32.2. The van der Waals surface area contributed by atoms with E-state index in [1.165, 1.54) is 7.11 Å². The standard InChI is InChI=1S/C9H19NO6S/c1-3-16-9(12)4-5-17(13,14)10-6-8(11)7-15-2/h8,10-11H,3-7H2,1-2H3. The Morgan fingerprint density at radius 2 is 2.12 bits per heavy atom. The van der Waals surface area contributed by atoms with Crippen LogP contribution in [0, 0.1) is 0 Å². The molecule has 0 saturated heterocycles. The van der Waals surface area contributed by atoms with E-state index in [2.05, 4.69) is 14.2 Å². The van der Waals surface area contributed by atoms with Gasteiger partial charge >= 0.3 is 5.97 Å². The second-order valence-corrected chi connectivity index (χ2v) is 5.26. The van der Waals surface area contributed by atoms with Crippen LogP contribution in [-0.4, -0.2) is 58.2 Å². The number of nitrogens with one attached hydrogen (secondary N) is 1. The molecule has 0 saturated carbocycles. The number of aliphatic hydroxyl groups excluding tert-OH is 1. The topological polar surface area (TPSA) is 102 Å². The number of hydrogen-bond acceptors (Lipinski definition) is 6. The molecular weight excluding hydrogens is 250 g/mol. The predicted octanol–water partition coefficient (Wildman–Crippen LogP) is -1.13. The molecule has 0 heterocycles. The molecule has 1 atom stereocenters. The summed E-state index contributed by atoms with van der Waals surface area (Å²) in [5.74, 6) is -0.916. The van der Waals surface area contributed by atoms with Gasteiger partial charge in [-0.2, -0.15) is 0 Å². The van der Waals surface area contributed by atoms with Crippen LogP contribution in [0.1, 0.15) is 13.3 Å². The zero-order valence-corrected chi connectivity index (χ0v) is 10.8. The largest absolute Gasteiger partial charge is 0.466 e. The van der Waals surface area contributed by atoms with Gasteiger partial charge < -0.3 is 14.6 Å². The first-order valence-corrected chi connectivity index (χ1v) is 6.86. The van der Waals surface area contributed by atoms with E-state index < -0.39 is 22.1 Å². The minimum atomic E-state index is -3.57. The first kappa shape index (κ1) is 16.3. The summed E-state index contributed by atoms with van der Waals surface area (Å²) in [5.41, 5.74) is 0. The van der Waals surface area contributed by atoms with Crippen LogP contribution >= 0.6 is 0 Å². The predicted molar refractivity (Wildman–Crippen MR) is 60.9 cm³/mol. The van der Waals surface area contributed by atoms with Gasteiger partial charge in [-0.3, -0.25) is 4.79 Å². The van der Waals surface area contributed by atoms with Gasteiger partial charge in [-0.25, -0.2) is 13.1 Å². The maximum Gasteiger partial charge on any atom is 0.306 e. The Kier molecular flexibility index (Phi) is 8.05. The lowest BCUT2D eigenvalue weighted by Crippen LogP contribution is -2.36. The molecule has 0 aromatic heterocycles. The maximum absolute atomic E-state index is 11.4. The van der Waals surface area contributed by atoms with Crippen LogP contribution in [0.2, 0.25) is 0 Å². The number of esters is 1. The summed E-state index contributed by atoms with van der Waals surface area (Å²) < 4.78 is 34.2. The van der Waals surface area contributed by atoms with Crippen LogP contribution in [-0.2, 0) is 24.3 Å². The third-order valence-corrected chi connectivity index (χ3v) is 3.13. The molecule has 17 heavy (non-hydrogen) atoms. The zero-order valence-electron chi connectivity index (χ0n) is 10.0. The lowest BCUT2D eigenvalue weighted by Gasteiger charge is -2.11. The molecule has 0 aliphatic rings. The molecule has 0 aromatic rings. The highest BCUT2D eigenvalue weighted by Crippen LogP contribution is 1.94. The van der Waals surface area contributed by atoms with Crippen molar-refractivity contribution in [2.45, 2.75) is 19.4 Å². The summed E-state index contributed by atoms with van der Waals surface area (Å²) in [6.07, 6.45) is -1.11. The molecule has 0 amide bonds. The van der Waals surface area contributed by atoms with Crippen LogP contribution in [0.4, 0.5) is 0 Å². The van der Waals surface area contributed by atoms with E-state index in [0.717, 1.165) is 0 Å². The molecule has 0 bridgehead atoms. The number of rotatable bonds is 9. The van der Waals surface area contributed by atoms with Crippen molar-refractivity contribution in [1.29, 1.82) is 0 Å². The molecule has 102 valence electrons. The molecule has 0 radical (unpaired) electrons. The lowest BCUT2D eigenvalue weighted by molar-refractivity contribution is -0.142. The molecule has 0 aliphatic carbocycles. The van der Waals surface area contributed by atoms with Gasteiger partial charge in [-0.15, -0.1) is 0 Å². The number of aliphatic hydroxyl groups is 1. The smallest absolute Gasteiger partial charge is 0.306 e. The average Bonchev–Trinajstić information content (AvgIpc) is 2.25. The van der Waals surface area contributed by atoms with Crippen molar-refractivity contribution in [3.8, 4) is 0 Å². The second kappa shape index (κ2) is 8.40. The number of carbonyl (C=O) groups is 1. The summed E-state index contributed by atoms with van der Waals surface area (Å²) in [6, 6.07) is 0. The fourth-order valence-electron chi connectivity index (χ4n) is 0.997. The second-order valence-electron chi connectivity index (χ2n) is 3.33. The van der Waals surface area contributed by atoms with E-state index in [-0.39, 0.29) is 31.9 Å². The van der Waals surface area contributed by atoms with Crippen molar-refractivity contribution in [3.05, 3.63) is 0 Å². The van der Waals surface area contributed by atoms with Crippen LogP contribution < -0.4 is 4.72 Å². The molecule has 1 unspecified atom stereocenters. The first-order chi connectivity index (χ1) is 7.91. The minimum absolute atomic E-state index is 0.0421.